The van der Waals surface area contributed by atoms with Crippen molar-refractivity contribution in [1.29, 1.82) is 0 Å². The first-order chi connectivity index (χ1) is 9.88. The molecule has 0 atom stereocenters. The van der Waals surface area contributed by atoms with E-state index in [4.69, 9.17) is 5.73 Å². The third kappa shape index (κ3) is 3.28. The Bertz CT molecular complexity index is 687. The van der Waals surface area contributed by atoms with Crippen molar-refractivity contribution in [3.8, 4) is 0 Å². The average molecular weight is 291 g/mol. The lowest BCUT2D eigenvalue weighted by molar-refractivity contribution is 0.102. The van der Waals surface area contributed by atoms with E-state index in [-0.39, 0.29) is 11.3 Å². The first-order valence-corrected chi connectivity index (χ1v) is 6.21. The fraction of sp³-hybridized carbons (Fsp3) is 0.133. The molecule has 2 aromatic carbocycles. The lowest BCUT2D eigenvalue weighted by Gasteiger charge is -2.14. The van der Waals surface area contributed by atoms with E-state index < -0.39 is 17.5 Å². The summed E-state index contributed by atoms with van der Waals surface area (Å²) in [4.78, 5) is 14.0. The van der Waals surface area contributed by atoms with E-state index in [1.807, 2.05) is 25.1 Å². The van der Waals surface area contributed by atoms with Crippen LogP contribution in [-0.2, 0) is 0 Å². The summed E-state index contributed by atoms with van der Waals surface area (Å²) >= 11 is 0. The van der Waals surface area contributed by atoms with E-state index in [2.05, 4.69) is 5.32 Å². The fourth-order valence-corrected chi connectivity index (χ4v) is 1.82. The van der Waals surface area contributed by atoms with Crippen LogP contribution >= 0.6 is 0 Å². The van der Waals surface area contributed by atoms with Gasteiger partial charge in [-0.05, 0) is 24.3 Å². The van der Waals surface area contributed by atoms with Crippen molar-refractivity contribution >= 4 is 23.0 Å². The smallest absolute Gasteiger partial charge is 0.257 e. The van der Waals surface area contributed by atoms with Crippen LogP contribution in [0.2, 0.25) is 0 Å². The summed E-state index contributed by atoms with van der Waals surface area (Å²) in [5, 5.41) is 2.61. The standard InChI is InChI=1S/C15H15F2N3O/c1-20(2)10-5-3-4-9(6-10)19-15(21)11-7-12(16)13(17)8-14(11)18/h3-8H,18H2,1-2H3,(H,19,21). The highest BCUT2D eigenvalue weighted by atomic mass is 19.2. The summed E-state index contributed by atoms with van der Waals surface area (Å²) < 4.78 is 26.2. The van der Waals surface area contributed by atoms with Gasteiger partial charge in [0.1, 0.15) is 0 Å². The number of hydrogen-bond acceptors (Lipinski definition) is 3. The molecule has 0 aromatic heterocycles. The van der Waals surface area contributed by atoms with Gasteiger partial charge in [0.15, 0.2) is 11.6 Å². The fourth-order valence-electron chi connectivity index (χ4n) is 1.82. The second-order valence-electron chi connectivity index (χ2n) is 4.75. The number of hydrogen-bond donors (Lipinski definition) is 2. The number of nitrogens with one attached hydrogen (secondary N) is 1. The van der Waals surface area contributed by atoms with Gasteiger partial charge in [-0.3, -0.25) is 4.79 Å². The normalized spacial score (nSPS) is 10.3. The zero-order valence-corrected chi connectivity index (χ0v) is 11.7. The van der Waals surface area contributed by atoms with Crippen molar-refractivity contribution in [2.75, 3.05) is 30.0 Å². The SMILES string of the molecule is CN(C)c1cccc(NC(=O)c2cc(F)c(F)cc2N)c1. The minimum absolute atomic E-state index is 0.107. The van der Waals surface area contributed by atoms with E-state index in [1.165, 1.54) is 0 Å². The summed E-state index contributed by atoms with van der Waals surface area (Å²) in [5.41, 5.74) is 6.76. The molecule has 4 nitrogen and oxygen atoms in total. The number of nitrogens with two attached hydrogens (primary N) is 1. The number of anilines is 3. The maximum atomic E-state index is 13.2. The summed E-state index contributed by atoms with van der Waals surface area (Å²) in [5.74, 6) is -2.79. The molecule has 0 saturated carbocycles. The summed E-state index contributed by atoms with van der Waals surface area (Å²) in [7, 11) is 3.74. The molecule has 3 N–H and O–H groups in total. The molecule has 0 aliphatic rings. The Morgan fingerprint density at radius 2 is 1.81 bits per heavy atom. The lowest BCUT2D eigenvalue weighted by Crippen LogP contribution is -2.15. The van der Waals surface area contributed by atoms with Gasteiger partial charge in [-0.25, -0.2) is 8.78 Å². The molecule has 0 spiro atoms. The van der Waals surface area contributed by atoms with Gasteiger partial charge in [-0.15, -0.1) is 0 Å². The molecule has 0 aliphatic heterocycles. The molecule has 1 amide bonds. The molecule has 0 radical (unpaired) electrons. The van der Waals surface area contributed by atoms with Crippen LogP contribution in [0.25, 0.3) is 0 Å². The lowest BCUT2D eigenvalue weighted by atomic mass is 10.1. The molecule has 110 valence electrons. The van der Waals surface area contributed by atoms with Crippen molar-refractivity contribution < 1.29 is 13.6 Å². The van der Waals surface area contributed by atoms with Crippen LogP contribution < -0.4 is 16.0 Å². The summed E-state index contributed by atoms with van der Waals surface area (Å²) in [6.45, 7) is 0. The van der Waals surface area contributed by atoms with Crippen LogP contribution in [0.1, 0.15) is 10.4 Å². The second-order valence-corrected chi connectivity index (χ2v) is 4.75. The Kier molecular flexibility index (Phi) is 4.07. The number of nitrogen functional groups attached to an aromatic ring is 1. The Morgan fingerprint density at radius 1 is 1.14 bits per heavy atom. The van der Waals surface area contributed by atoms with Crippen molar-refractivity contribution in [3.05, 3.63) is 53.6 Å². The molecule has 0 aliphatic carbocycles. The third-order valence-corrected chi connectivity index (χ3v) is 2.96. The maximum Gasteiger partial charge on any atom is 0.257 e. The predicted octanol–water partition coefficient (Wildman–Crippen LogP) is 2.87. The third-order valence-electron chi connectivity index (χ3n) is 2.96. The summed E-state index contributed by atoms with van der Waals surface area (Å²) in [6.07, 6.45) is 0. The first-order valence-electron chi connectivity index (χ1n) is 6.21. The number of carbonyl (C=O) groups excluding carboxylic acids is 1. The molecule has 0 bridgehead atoms. The highest BCUT2D eigenvalue weighted by Gasteiger charge is 2.14. The van der Waals surface area contributed by atoms with E-state index in [1.54, 1.807) is 18.2 Å². The Labute approximate surface area is 121 Å². The molecule has 0 fully saturated rings. The quantitative estimate of drug-likeness (QED) is 0.855. The van der Waals surface area contributed by atoms with E-state index in [0.29, 0.717) is 5.69 Å². The zero-order valence-electron chi connectivity index (χ0n) is 11.7. The maximum absolute atomic E-state index is 13.2. The molecular formula is C15H15F2N3O. The number of nitrogens with zero attached hydrogens (tertiary/aromatic N) is 1. The van der Waals surface area contributed by atoms with Gasteiger partial charge in [0, 0.05) is 37.2 Å². The highest BCUT2D eigenvalue weighted by molar-refractivity contribution is 6.07. The number of rotatable bonds is 3. The minimum Gasteiger partial charge on any atom is -0.398 e. The molecule has 0 unspecified atom stereocenters. The predicted molar refractivity (Wildman–Crippen MR) is 79.5 cm³/mol. The van der Waals surface area contributed by atoms with Crippen molar-refractivity contribution in [2.24, 2.45) is 0 Å². The van der Waals surface area contributed by atoms with Gasteiger partial charge in [0.05, 0.1) is 5.56 Å². The Hall–Kier alpha value is -2.63. The number of carbonyl (C=O) groups is 1. The van der Waals surface area contributed by atoms with Gasteiger partial charge in [0.25, 0.3) is 5.91 Å². The van der Waals surface area contributed by atoms with Crippen LogP contribution in [0.15, 0.2) is 36.4 Å². The molecule has 0 saturated heterocycles. The van der Waals surface area contributed by atoms with Crippen molar-refractivity contribution in [1.82, 2.24) is 0 Å². The van der Waals surface area contributed by atoms with Crippen LogP contribution in [0.3, 0.4) is 0 Å². The molecule has 6 heteroatoms. The second kappa shape index (κ2) is 5.78. The Morgan fingerprint density at radius 3 is 2.48 bits per heavy atom. The largest absolute Gasteiger partial charge is 0.398 e. The highest BCUT2D eigenvalue weighted by Crippen LogP contribution is 2.21. The molecule has 21 heavy (non-hydrogen) atoms. The zero-order chi connectivity index (χ0) is 15.6. The van der Waals surface area contributed by atoms with Crippen LogP contribution in [-0.4, -0.2) is 20.0 Å². The van der Waals surface area contributed by atoms with E-state index in [0.717, 1.165) is 17.8 Å². The van der Waals surface area contributed by atoms with E-state index in [9.17, 15) is 13.6 Å². The van der Waals surface area contributed by atoms with Crippen molar-refractivity contribution in [3.63, 3.8) is 0 Å². The van der Waals surface area contributed by atoms with Crippen molar-refractivity contribution in [2.45, 2.75) is 0 Å². The van der Waals surface area contributed by atoms with Gasteiger partial charge in [-0.2, -0.15) is 0 Å². The average Bonchev–Trinajstić information content (AvgIpc) is 2.43. The van der Waals surface area contributed by atoms with Crippen LogP contribution in [0, 0.1) is 11.6 Å². The Balaban J connectivity index is 2.26. The van der Waals surface area contributed by atoms with Gasteiger partial charge in [-0.1, -0.05) is 6.07 Å². The number of amides is 1. The molecular weight excluding hydrogens is 276 g/mol. The first kappa shape index (κ1) is 14.8. The minimum atomic E-state index is -1.11. The van der Waals surface area contributed by atoms with Crippen LogP contribution in [0.4, 0.5) is 25.8 Å². The number of halogens is 2. The summed E-state index contributed by atoms with van der Waals surface area (Å²) in [6, 6.07) is 8.69. The topological polar surface area (TPSA) is 58.4 Å². The van der Waals surface area contributed by atoms with E-state index >= 15 is 0 Å². The van der Waals surface area contributed by atoms with Gasteiger partial charge in [0.2, 0.25) is 0 Å². The molecule has 0 heterocycles. The number of benzene rings is 2. The molecule has 2 aromatic rings. The monoisotopic (exact) mass is 291 g/mol. The molecule has 2 rings (SSSR count). The van der Waals surface area contributed by atoms with Gasteiger partial charge >= 0.3 is 0 Å². The van der Waals surface area contributed by atoms with Gasteiger partial charge < -0.3 is 16.0 Å². The van der Waals surface area contributed by atoms with Crippen LogP contribution in [0.5, 0.6) is 0 Å².